The highest BCUT2D eigenvalue weighted by Crippen LogP contribution is 2.39. The number of fused-ring (bicyclic) bond motifs is 1. The number of benzene rings is 1. The van der Waals surface area contributed by atoms with Crippen molar-refractivity contribution < 1.29 is 9.47 Å². The van der Waals surface area contributed by atoms with Crippen molar-refractivity contribution >= 4 is 11.8 Å². The van der Waals surface area contributed by atoms with Gasteiger partial charge in [-0.15, -0.1) is 11.8 Å². The van der Waals surface area contributed by atoms with E-state index in [4.69, 9.17) is 9.47 Å². The third-order valence-corrected chi connectivity index (χ3v) is 4.98. The van der Waals surface area contributed by atoms with Crippen molar-refractivity contribution in [2.24, 2.45) is 0 Å². The van der Waals surface area contributed by atoms with Gasteiger partial charge in [-0.05, 0) is 44.0 Å². The molecule has 1 N–H and O–H groups in total. The number of ether oxygens (including phenoxy) is 2. The predicted molar refractivity (Wildman–Crippen MR) is 78.4 cm³/mol. The number of hydrogen-bond acceptors (Lipinski definition) is 4. The molecule has 2 atom stereocenters. The maximum Gasteiger partial charge on any atom is 0.162 e. The van der Waals surface area contributed by atoms with E-state index in [9.17, 15) is 0 Å². The molecule has 0 spiro atoms. The summed E-state index contributed by atoms with van der Waals surface area (Å²) >= 11 is 1.98. The average molecular weight is 279 g/mol. The summed E-state index contributed by atoms with van der Waals surface area (Å²) in [7, 11) is 0. The highest BCUT2D eigenvalue weighted by atomic mass is 32.2. The van der Waals surface area contributed by atoms with E-state index < -0.39 is 0 Å². The molecule has 1 heterocycles. The molecule has 4 heteroatoms. The van der Waals surface area contributed by atoms with Crippen molar-refractivity contribution in [2.45, 2.75) is 42.4 Å². The highest BCUT2D eigenvalue weighted by molar-refractivity contribution is 8.00. The minimum atomic E-state index is 0.659. The predicted octanol–water partition coefficient (Wildman–Crippen LogP) is 3.08. The molecular formula is C15H21NO2S. The van der Waals surface area contributed by atoms with Gasteiger partial charge in [0, 0.05) is 16.2 Å². The molecule has 1 aliphatic carbocycles. The van der Waals surface area contributed by atoms with Gasteiger partial charge in [-0.2, -0.15) is 0 Å². The van der Waals surface area contributed by atoms with Crippen LogP contribution in [-0.4, -0.2) is 31.1 Å². The van der Waals surface area contributed by atoms with E-state index in [0.29, 0.717) is 19.3 Å². The van der Waals surface area contributed by atoms with Gasteiger partial charge in [0.1, 0.15) is 13.2 Å². The average Bonchev–Trinajstić information content (AvgIpc) is 2.86. The molecule has 0 radical (unpaired) electrons. The smallest absolute Gasteiger partial charge is 0.162 e. The lowest BCUT2D eigenvalue weighted by Gasteiger charge is -2.19. The zero-order valence-corrected chi connectivity index (χ0v) is 12.2. The van der Waals surface area contributed by atoms with Crippen LogP contribution in [-0.2, 0) is 0 Å². The van der Waals surface area contributed by atoms with Gasteiger partial charge in [0.05, 0.1) is 0 Å². The molecule has 1 aromatic rings. The maximum absolute atomic E-state index is 5.64. The molecule has 104 valence electrons. The van der Waals surface area contributed by atoms with Crippen molar-refractivity contribution in [3.8, 4) is 11.5 Å². The highest BCUT2D eigenvalue weighted by Gasteiger charge is 2.25. The zero-order chi connectivity index (χ0) is 13.1. The van der Waals surface area contributed by atoms with Gasteiger partial charge in [-0.25, -0.2) is 0 Å². The topological polar surface area (TPSA) is 30.5 Å². The minimum absolute atomic E-state index is 0.659. The minimum Gasteiger partial charge on any atom is -0.486 e. The van der Waals surface area contributed by atoms with Crippen LogP contribution in [0, 0.1) is 0 Å². The summed E-state index contributed by atoms with van der Waals surface area (Å²) in [6, 6.07) is 7.02. The zero-order valence-electron chi connectivity index (χ0n) is 11.4. The van der Waals surface area contributed by atoms with E-state index in [1.165, 1.54) is 24.2 Å². The molecule has 0 amide bonds. The first kappa shape index (κ1) is 13.1. The Hall–Kier alpha value is -0.870. The third kappa shape index (κ3) is 3.18. The lowest BCUT2D eigenvalue weighted by Crippen LogP contribution is -2.26. The van der Waals surface area contributed by atoms with Crippen LogP contribution >= 0.6 is 11.8 Å². The standard InChI is InChI=1S/C15H21NO2S/c1-2-16-11-3-4-12(9-11)19-13-5-6-14-15(10-13)18-8-7-17-14/h5-6,10-12,16H,2-4,7-9H2,1H3. The van der Waals surface area contributed by atoms with E-state index in [0.717, 1.165) is 23.3 Å². The molecular weight excluding hydrogens is 258 g/mol. The monoisotopic (exact) mass is 279 g/mol. The second-order valence-corrected chi connectivity index (χ2v) is 6.49. The number of thioether (sulfide) groups is 1. The summed E-state index contributed by atoms with van der Waals surface area (Å²) in [5, 5.41) is 4.28. The first-order valence-electron chi connectivity index (χ1n) is 7.15. The Labute approximate surface area is 119 Å². The summed E-state index contributed by atoms with van der Waals surface area (Å²) in [4.78, 5) is 1.30. The van der Waals surface area contributed by atoms with Crippen LogP contribution in [0.25, 0.3) is 0 Å². The largest absolute Gasteiger partial charge is 0.486 e. The second-order valence-electron chi connectivity index (χ2n) is 5.11. The Morgan fingerprint density at radius 3 is 2.89 bits per heavy atom. The normalized spacial score (nSPS) is 25.5. The Morgan fingerprint density at radius 2 is 2.05 bits per heavy atom. The lowest BCUT2D eigenvalue weighted by molar-refractivity contribution is 0.171. The van der Waals surface area contributed by atoms with Crippen LogP contribution in [0.15, 0.2) is 23.1 Å². The summed E-state index contributed by atoms with van der Waals surface area (Å²) < 4.78 is 11.2. The number of hydrogen-bond donors (Lipinski definition) is 1. The molecule has 3 rings (SSSR count). The van der Waals surface area contributed by atoms with Crippen molar-refractivity contribution in [2.75, 3.05) is 19.8 Å². The first-order valence-corrected chi connectivity index (χ1v) is 8.03. The summed E-state index contributed by atoms with van der Waals surface area (Å²) in [6.45, 7) is 4.58. The van der Waals surface area contributed by atoms with Crippen molar-refractivity contribution in [1.82, 2.24) is 5.32 Å². The third-order valence-electron chi connectivity index (χ3n) is 3.69. The Kier molecular flexibility index (Phi) is 4.18. The molecule has 1 aromatic carbocycles. The van der Waals surface area contributed by atoms with Crippen molar-refractivity contribution in [3.63, 3.8) is 0 Å². The van der Waals surface area contributed by atoms with Crippen LogP contribution in [0.5, 0.6) is 11.5 Å². The molecule has 0 saturated heterocycles. The fourth-order valence-corrected chi connectivity index (χ4v) is 4.10. The molecule has 1 saturated carbocycles. The number of rotatable bonds is 4. The quantitative estimate of drug-likeness (QED) is 0.917. The van der Waals surface area contributed by atoms with Crippen molar-refractivity contribution in [1.29, 1.82) is 0 Å². The Balaban J connectivity index is 1.61. The van der Waals surface area contributed by atoms with E-state index in [2.05, 4.69) is 24.4 Å². The maximum atomic E-state index is 5.64. The van der Waals surface area contributed by atoms with Gasteiger partial charge < -0.3 is 14.8 Å². The van der Waals surface area contributed by atoms with Crippen LogP contribution in [0.2, 0.25) is 0 Å². The van der Waals surface area contributed by atoms with Crippen LogP contribution < -0.4 is 14.8 Å². The molecule has 0 bridgehead atoms. The molecule has 1 fully saturated rings. The Bertz CT molecular complexity index is 438. The lowest BCUT2D eigenvalue weighted by atomic mass is 10.2. The molecule has 2 unspecified atom stereocenters. The number of nitrogens with one attached hydrogen (secondary N) is 1. The summed E-state index contributed by atoms with van der Waals surface area (Å²) in [5.41, 5.74) is 0. The van der Waals surface area contributed by atoms with Crippen LogP contribution in [0.4, 0.5) is 0 Å². The molecule has 19 heavy (non-hydrogen) atoms. The molecule has 2 aliphatic rings. The van der Waals surface area contributed by atoms with E-state index in [-0.39, 0.29) is 0 Å². The SMILES string of the molecule is CCNC1CCC(Sc2ccc3c(c2)OCCO3)C1. The van der Waals surface area contributed by atoms with Gasteiger partial charge in [0.2, 0.25) is 0 Å². The fraction of sp³-hybridized carbons (Fsp3) is 0.600. The summed E-state index contributed by atoms with van der Waals surface area (Å²) in [6.07, 6.45) is 3.87. The molecule has 1 aliphatic heterocycles. The summed E-state index contributed by atoms with van der Waals surface area (Å²) in [5.74, 6) is 1.78. The second kappa shape index (κ2) is 6.06. The van der Waals surface area contributed by atoms with Gasteiger partial charge >= 0.3 is 0 Å². The van der Waals surface area contributed by atoms with Gasteiger partial charge in [-0.1, -0.05) is 6.92 Å². The van der Waals surface area contributed by atoms with E-state index in [1.807, 2.05) is 17.8 Å². The van der Waals surface area contributed by atoms with Crippen molar-refractivity contribution in [3.05, 3.63) is 18.2 Å². The molecule has 3 nitrogen and oxygen atoms in total. The van der Waals surface area contributed by atoms with Crippen LogP contribution in [0.1, 0.15) is 26.2 Å². The fourth-order valence-electron chi connectivity index (χ4n) is 2.81. The van der Waals surface area contributed by atoms with Gasteiger partial charge in [0.15, 0.2) is 11.5 Å². The Morgan fingerprint density at radius 1 is 1.21 bits per heavy atom. The van der Waals surface area contributed by atoms with Gasteiger partial charge in [-0.3, -0.25) is 0 Å². The first-order chi connectivity index (χ1) is 9.35. The molecule has 0 aromatic heterocycles. The van der Waals surface area contributed by atoms with E-state index >= 15 is 0 Å². The van der Waals surface area contributed by atoms with Crippen LogP contribution in [0.3, 0.4) is 0 Å². The van der Waals surface area contributed by atoms with E-state index in [1.54, 1.807) is 0 Å². The van der Waals surface area contributed by atoms with Gasteiger partial charge in [0.25, 0.3) is 0 Å².